The van der Waals surface area contributed by atoms with Crippen molar-refractivity contribution in [1.29, 1.82) is 0 Å². The van der Waals surface area contributed by atoms with Gasteiger partial charge in [-0.05, 0) is 103 Å². The number of carbonyl (C=O) groups excluding carboxylic acids is 1. The maximum atomic E-state index is 14.4. The molecular weight excluding hydrogens is 743 g/mol. The smallest absolute Gasteiger partial charge is 0.318 e. The lowest BCUT2D eigenvalue weighted by molar-refractivity contribution is -0.384. The number of H-pyrrole nitrogens is 1. The van der Waals surface area contributed by atoms with Crippen LogP contribution in [-0.2, 0) is 18.0 Å². The van der Waals surface area contributed by atoms with Crippen molar-refractivity contribution in [2.24, 2.45) is 22.9 Å². The lowest BCUT2D eigenvalue weighted by Gasteiger charge is -2.58. The molecule has 3 aromatic carbocycles. The third-order valence-corrected chi connectivity index (χ3v) is 11.9. The predicted molar refractivity (Wildman–Crippen MR) is 218 cm³/mol. The number of fused-ring (bicyclic) bond motifs is 3. The summed E-state index contributed by atoms with van der Waals surface area (Å²) in [5, 5.41) is 63.7. The van der Waals surface area contributed by atoms with Crippen LogP contribution in [0.5, 0.6) is 11.5 Å². The number of urea groups is 1. The Balaban J connectivity index is 1.31. The van der Waals surface area contributed by atoms with E-state index in [1.807, 2.05) is 37.3 Å². The molecule has 14 nitrogen and oxygen atoms in total. The molecule has 1 fully saturated rings. The van der Waals surface area contributed by atoms with Crippen molar-refractivity contribution in [3.05, 3.63) is 111 Å². The van der Waals surface area contributed by atoms with Crippen LogP contribution in [0.2, 0.25) is 0 Å². The number of nitrogens with one attached hydrogen (secondary N) is 2. The van der Waals surface area contributed by atoms with Crippen molar-refractivity contribution in [1.82, 2.24) is 15.2 Å². The van der Waals surface area contributed by atoms with Gasteiger partial charge in [0.25, 0.3) is 5.69 Å². The highest BCUT2D eigenvalue weighted by Gasteiger charge is 2.64. The fraction of sp³-hybridized carbons (Fsp3) is 0.455. The third kappa shape index (κ3) is 8.40. The van der Waals surface area contributed by atoms with E-state index < -0.39 is 22.7 Å². The van der Waals surface area contributed by atoms with E-state index in [1.165, 1.54) is 18.2 Å². The third-order valence-electron chi connectivity index (χ3n) is 11.9. The molecule has 14 heteroatoms. The fourth-order valence-corrected chi connectivity index (χ4v) is 9.32. The first-order valence-electron chi connectivity index (χ1n) is 20.4. The zero-order valence-electron chi connectivity index (χ0n) is 32.8. The highest BCUT2D eigenvalue weighted by Crippen LogP contribution is 2.60. The maximum absolute atomic E-state index is 14.4. The molecule has 0 saturated heterocycles. The number of unbranched alkanes of at least 4 members (excludes halogenated alkanes) is 2. The van der Waals surface area contributed by atoms with Gasteiger partial charge in [0.05, 0.1) is 23.1 Å². The monoisotopic (exact) mass is 795 g/mol. The largest absolute Gasteiger partial charge is 0.508 e. The molecule has 1 aromatic heterocycles. The molecule has 6 N–H and O–H groups in total. The van der Waals surface area contributed by atoms with Crippen LogP contribution in [0.25, 0.3) is 10.9 Å². The van der Waals surface area contributed by atoms with Gasteiger partial charge in [-0.25, -0.2) is 4.79 Å². The summed E-state index contributed by atoms with van der Waals surface area (Å²) in [6.07, 6.45) is 7.05. The summed E-state index contributed by atoms with van der Waals surface area (Å²) < 4.78 is 6.72. The van der Waals surface area contributed by atoms with Gasteiger partial charge in [0, 0.05) is 61.0 Å². The number of aromatic nitrogens is 1. The summed E-state index contributed by atoms with van der Waals surface area (Å²) in [7, 11) is 0. The molecule has 2 aliphatic carbocycles. The average Bonchev–Trinajstić information content (AvgIpc) is 3.64. The number of ether oxygens (including phenoxy) is 1. The van der Waals surface area contributed by atoms with Gasteiger partial charge in [-0.3, -0.25) is 10.1 Å². The number of nitrogens with zero attached hydrogens (tertiary/aromatic N) is 3. The normalized spacial score (nSPS) is 24.0. The van der Waals surface area contributed by atoms with Gasteiger partial charge in [-0.1, -0.05) is 49.2 Å². The van der Waals surface area contributed by atoms with E-state index in [0.717, 1.165) is 53.4 Å². The number of carbonyl (C=O) groups is 1. The summed E-state index contributed by atoms with van der Waals surface area (Å²) in [6.45, 7) is 2.63. The van der Waals surface area contributed by atoms with Crippen LogP contribution in [0.1, 0.15) is 81.0 Å². The molecule has 0 unspecified atom stereocenters. The van der Waals surface area contributed by atoms with E-state index in [9.17, 15) is 35.3 Å². The molecule has 7 rings (SSSR count). The molecule has 1 saturated carbocycles. The van der Waals surface area contributed by atoms with Gasteiger partial charge >= 0.3 is 6.03 Å². The number of hydrogen-bond acceptors (Lipinski definition) is 10. The number of aliphatic hydroxyl groups is 3. The van der Waals surface area contributed by atoms with Crippen LogP contribution < -0.4 is 10.1 Å². The van der Waals surface area contributed by atoms with Crippen molar-refractivity contribution < 1.29 is 39.7 Å². The Morgan fingerprint density at radius 1 is 1.05 bits per heavy atom. The molecule has 2 amide bonds. The number of non-ortho nitro benzene ring substituents is 1. The first-order valence-corrected chi connectivity index (χ1v) is 20.4. The number of rotatable bonds is 17. The summed E-state index contributed by atoms with van der Waals surface area (Å²) in [4.78, 5) is 36.2. The van der Waals surface area contributed by atoms with Crippen molar-refractivity contribution in [2.45, 2.75) is 89.2 Å². The molecule has 0 bridgehead atoms. The van der Waals surface area contributed by atoms with Crippen molar-refractivity contribution in [3.8, 4) is 11.5 Å². The predicted octanol–water partition coefficient (Wildman–Crippen LogP) is 7.03. The first-order chi connectivity index (χ1) is 28.1. The molecule has 6 atom stereocenters. The van der Waals surface area contributed by atoms with Gasteiger partial charge in [0.1, 0.15) is 24.1 Å². The molecule has 308 valence electrons. The van der Waals surface area contributed by atoms with Gasteiger partial charge < -0.3 is 45.2 Å². The van der Waals surface area contributed by atoms with E-state index in [-0.39, 0.29) is 68.0 Å². The number of allylic oxidation sites excluding steroid dienone is 1. The zero-order valence-corrected chi connectivity index (χ0v) is 32.8. The Morgan fingerprint density at radius 3 is 2.53 bits per heavy atom. The van der Waals surface area contributed by atoms with Crippen LogP contribution in [0, 0.1) is 27.9 Å². The summed E-state index contributed by atoms with van der Waals surface area (Å²) >= 11 is 0. The molecular formula is C44H53N5O9. The summed E-state index contributed by atoms with van der Waals surface area (Å²) in [6, 6.07) is 19.5. The molecule has 4 aromatic rings. The van der Waals surface area contributed by atoms with Crippen LogP contribution in [0.4, 0.5) is 10.5 Å². The van der Waals surface area contributed by atoms with E-state index in [4.69, 9.17) is 14.7 Å². The molecule has 58 heavy (non-hydrogen) atoms. The maximum Gasteiger partial charge on any atom is 0.318 e. The Hall–Kier alpha value is -5.44. The number of para-hydroxylation sites is 1. The second kappa shape index (κ2) is 18.0. The second-order valence-corrected chi connectivity index (χ2v) is 15.7. The van der Waals surface area contributed by atoms with Gasteiger partial charge in [-0.15, -0.1) is 0 Å². The summed E-state index contributed by atoms with van der Waals surface area (Å²) in [5.41, 5.74) is 4.46. The van der Waals surface area contributed by atoms with Gasteiger partial charge in [0.15, 0.2) is 0 Å². The number of aromatic amines is 1. The Labute approximate surface area is 337 Å². The lowest BCUT2D eigenvalue weighted by atomic mass is 9.55. The molecule has 2 heterocycles. The molecule has 1 aliphatic heterocycles. The number of aromatic hydroxyl groups is 1. The summed E-state index contributed by atoms with van der Waals surface area (Å²) in [5.74, 6) is -2.59. The number of hydrogen-bond donors (Lipinski definition) is 6. The minimum Gasteiger partial charge on any atom is -0.508 e. The van der Waals surface area contributed by atoms with Crippen molar-refractivity contribution in [2.75, 3.05) is 19.8 Å². The van der Waals surface area contributed by atoms with Crippen LogP contribution in [-0.4, -0.2) is 78.6 Å². The quantitative estimate of drug-likeness (QED) is 0.0369. The van der Waals surface area contributed by atoms with Crippen LogP contribution in [0.15, 0.2) is 89.6 Å². The number of oxime groups is 1. The number of nitro benzene ring substituents is 1. The molecule has 0 radical (unpaired) electrons. The standard InChI is InChI=1S/C44H53N5O9/c1-2-19-48(43(53)45-26-31-22-30-10-3-4-12-37(30)46-31)40-25-38(47-57-27-28-13-15-32(16-14-28)49(55)56)35-23-29(9-5-7-20-50)34(11-6-8-21-51)41-36-24-33(52)17-18-39(36)58-44(40,54)42(35)41/h3-4,10,12-18,22-24,29,34,40-42,46,50-52,54H,2,5-9,11,19-21,25-27H2,1H3,(H,45,53)/t29-,34+,40-,41+,42+,44+/m0/s1. The van der Waals surface area contributed by atoms with Gasteiger partial charge in [-0.2, -0.15) is 0 Å². The minimum absolute atomic E-state index is 0.0122. The van der Waals surface area contributed by atoms with E-state index >= 15 is 0 Å². The van der Waals surface area contributed by atoms with Crippen LogP contribution in [0.3, 0.4) is 0 Å². The topological polar surface area (TPSA) is 203 Å². The number of nitro groups is 1. The first kappa shape index (κ1) is 40.7. The highest BCUT2D eigenvalue weighted by molar-refractivity contribution is 6.03. The zero-order chi connectivity index (χ0) is 40.8. The molecule has 0 spiro atoms. The van der Waals surface area contributed by atoms with E-state index in [1.54, 1.807) is 29.2 Å². The number of benzene rings is 3. The highest BCUT2D eigenvalue weighted by atomic mass is 16.6. The lowest BCUT2D eigenvalue weighted by Crippen LogP contribution is -2.69. The SMILES string of the molecule is CCCN(C(=O)NCc1cc2ccccc2[nH]1)[C@H]1CC(=NOCc2ccc([N+](=O)[O-])cc2)C2=C[C@H](CCCCO)[C@@H](CCCCO)[C@@H]3c4cc(O)ccc4O[C@@]1(O)[C@H]23. The van der Waals surface area contributed by atoms with E-state index in [0.29, 0.717) is 42.8 Å². The number of phenols is 1. The fourth-order valence-electron chi connectivity index (χ4n) is 9.32. The number of aliphatic hydroxyl groups excluding tert-OH is 2. The average molecular weight is 796 g/mol. The number of amides is 2. The minimum atomic E-state index is -1.92. The number of phenolic OH excluding ortho intramolecular Hbond substituents is 1. The second-order valence-electron chi connectivity index (χ2n) is 15.7. The van der Waals surface area contributed by atoms with Crippen LogP contribution >= 0.6 is 0 Å². The van der Waals surface area contributed by atoms with Crippen molar-refractivity contribution in [3.63, 3.8) is 0 Å². The Morgan fingerprint density at radius 2 is 1.81 bits per heavy atom. The van der Waals surface area contributed by atoms with E-state index in [2.05, 4.69) is 16.4 Å². The van der Waals surface area contributed by atoms with Crippen molar-refractivity contribution >= 4 is 28.3 Å². The Bertz CT molecular complexity index is 2100. The Kier molecular flexibility index (Phi) is 12.6. The molecule has 3 aliphatic rings. The van der Waals surface area contributed by atoms with Gasteiger partial charge in [0.2, 0.25) is 5.79 Å².